The second-order valence-electron chi connectivity index (χ2n) is 9.30. The molecule has 0 radical (unpaired) electrons. The number of nitrogens with one attached hydrogen (secondary N) is 1. The van der Waals surface area contributed by atoms with Gasteiger partial charge in [0.2, 0.25) is 11.8 Å². The van der Waals surface area contributed by atoms with Crippen LogP contribution in [0, 0.1) is 23.2 Å². The first-order valence-electron chi connectivity index (χ1n) is 10.4. The maximum absolute atomic E-state index is 13.4. The number of anilines is 1. The summed E-state index contributed by atoms with van der Waals surface area (Å²) in [6, 6.07) is 4.00. The van der Waals surface area contributed by atoms with E-state index in [-0.39, 0.29) is 18.2 Å². The molecule has 0 spiro atoms. The molecule has 8 nitrogen and oxygen atoms in total. The Morgan fingerprint density at radius 3 is 2.48 bits per heavy atom. The van der Waals surface area contributed by atoms with Gasteiger partial charge in [-0.15, -0.1) is 0 Å². The number of alkyl halides is 3. The quantitative estimate of drug-likeness (QED) is 0.687. The third kappa shape index (κ3) is 3.35. The monoisotopic (exact) mass is 465 g/mol. The summed E-state index contributed by atoms with van der Waals surface area (Å²) in [7, 11) is 0. The molecule has 0 unspecified atom stereocenters. The van der Waals surface area contributed by atoms with Crippen LogP contribution in [0.3, 0.4) is 0 Å². The number of amides is 3. The highest BCUT2D eigenvalue weighted by Gasteiger charge is 2.77. The fourth-order valence-corrected chi connectivity index (χ4v) is 5.31. The normalized spacial score (nSPS) is 32.8. The topological polar surface area (TPSA) is 109 Å². The third-order valence-corrected chi connectivity index (χ3v) is 6.61. The Bertz CT molecular complexity index is 1100. The van der Waals surface area contributed by atoms with Crippen molar-refractivity contribution < 1.29 is 37.0 Å². The van der Waals surface area contributed by atoms with E-state index in [1.807, 2.05) is 0 Å². The van der Waals surface area contributed by atoms with Crippen molar-refractivity contribution in [3.8, 4) is 6.07 Å². The van der Waals surface area contributed by atoms with Gasteiger partial charge in [-0.25, -0.2) is 9.69 Å². The largest absolute Gasteiger partial charge is 0.443 e. The molecular weight excluding hydrogens is 443 g/mol. The Morgan fingerprint density at radius 1 is 1.27 bits per heavy atom. The fraction of sp³-hybridized carbons (Fsp3) is 0.545. The molecule has 1 N–H and O–H groups in total. The van der Waals surface area contributed by atoms with E-state index >= 15 is 0 Å². The molecule has 5 atom stereocenters. The molecule has 3 heterocycles. The lowest BCUT2D eigenvalue weighted by Gasteiger charge is -2.34. The number of alkyl carbamates (subject to hydrolysis) is 1. The molecule has 3 fully saturated rings. The highest BCUT2D eigenvalue weighted by Crippen LogP contribution is 2.61. The van der Waals surface area contributed by atoms with Gasteiger partial charge in [0, 0.05) is 12.5 Å². The minimum Gasteiger partial charge on any atom is -0.443 e. The van der Waals surface area contributed by atoms with Gasteiger partial charge in [-0.2, -0.15) is 18.4 Å². The number of halogens is 3. The molecule has 0 aliphatic carbocycles. The molecule has 176 valence electrons. The zero-order valence-electron chi connectivity index (χ0n) is 18.3. The van der Waals surface area contributed by atoms with Crippen LogP contribution in [0.4, 0.5) is 23.7 Å². The maximum atomic E-state index is 13.4. The zero-order valence-corrected chi connectivity index (χ0v) is 18.3. The molecule has 1 aromatic rings. The first-order valence-corrected chi connectivity index (χ1v) is 10.4. The van der Waals surface area contributed by atoms with Crippen LogP contribution in [0.5, 0.6) is 0 Å². The van der Waals surface area contributed by atoms with E-state index < -0.39 is 64.4 Å². The van der Waals surface area contributed by atoms with Crippen LogP contribution in [0.15, 0.2) is 18.2 Å². The summed E-state index contributed by atoms with van der Waals surface area (Å²) in [6.07, 6.45) is -6.20. The lowest BCUT2D eigenvalue weighted by atomic mass is 9.67. The molecule has 2 bridgehead atoms. The number of nitrogens with zero attached hydrogens (tertiary/aromatic N) is 2. The molecule has 3 aliphatic heterocycles. The van der Waals surface area contributed by atoms with E-state index in [0.717, 1.165) is 17.0 Å². The van der Waals surface area contributed by atoms with Gasteiger partial charge in [-0.05, 0) is 45.9 Å². The number of hydrogen-bond acceptors (Lipinski definition) is 6. The van der Waals surface area contributed by atoms with Gasteiger partial charge in [0.05, 0.1) is 40.3 Å². The van der Waals surface area contributed by atoms with E-state index in [1.54, 1.807) is 27.7 Å². The molecular formula is C22H22F3N3O5. The molecule has 4 rings (SSSR count). The van der Waals surface area contributed by atoms with E-state index in [0.29, 0.717) is 6.07 Å². The molecule has 0 saturated carbocycles. The summed E-state index contributed by atoms with van der Waals surface area (Å²) < 4.78 is 51.9. The lowest BCUT2D eigenvalue weighted by Crippen LogP contribution is -2.52. The maximum Gasteiger partial charge on any atom is 0.417 e. The van der Waals surface area contributed by atoms with Crippen LogP contribution in [0.25, 0.3) is 0 Å². The summed E-state index contributed by atoms with van der Waals surface area (Å²) in [5.41, 5.74) is -4.58. The number of rotatable bonds is 3. The second kappa shape index (κ2) is 7.18. The van der Waals surface area contributed by atoms with Gasteiger partial charge in [-0.1, -0.05) is 0 Å². The first-order chi connectivity index (χ1) is 15.2. The number of nitriles is 1. The van der Waals surface area contributed by atoms with Crippen LogP contribution in [0.2, 0.25) is 0 Å². The van der Waals surface area contributed by atoms with Crippen molar-refractivity contribution in [2.45, 2.75) is 63.6 Å². The number of ether oxygens (including phenoxy) is 2. The van der Waals surface area contributed by atoms with Crippen LogP contribution in [0.1, 0.15) is 45.2 Å². The Hall–Kier alpha value is -3.13. The summed E-state index contributed by atoms with van der Waals surface area (Å²) in [6.45, 7) is 6.71. The van der Waals surface area contributed by atoms with Gasteiger partial charge in [0.25, 0.3) is 0 Å². The molecule has 0 aromatic heterocycles. The molecule has 1 aromatic carbocycles. The van der Waals surface area contributed by atoms with Crippen molar-refractivity contribution in [3.63, 3.8) is 0 Å². The minimum absolute atomic E-state index is 0.157. The van der Waals surface area contributed by atoms with Crippen molar-refractivity contribution in [1.29, 1.82) is 5.26 Å². The summed E-state index contributed by atoms with van der Waals surface area (Å²) in [4.78, 5) is 39.6. The first kappa shape index (κ1) is 23.0. The summed E-state index contributed by atoms with van der Waals surface area (Å²) in [5.74, 6) is -3.38. The predicted octanol–water partition coefficient (Wildman–Crippen LogP) is 3.14. The van der Waals surface area contributed by atoms with E-state index in [4.69, 9.17) is 14.7 Å². The highest BCUT2D eigenvalue weighted by atomic mass is 19.4. The average molecular weight is 465 g/mol. The molecule has 3 amide bonds. The summed E-state index contributed by atoms with van der Waals surface area (Å²) in [5, 5.41) is 11.6. The number of carbonyl (C=O) groups is 3. The molecule has 3 aliphatic rings. The number of carbonyl (C=O) groups excluding carboxylic acids is 3. The summed E-state index contributed by atoms with van der Waals surface area (Å²) >= 11 is 0. The van der Waals surface area contributed by atoms with Crippen LogP contribution in [-0.2, 0) is 25.2 Å². The van der Waals surface area contributed by atoms with Crippen molar-refractivity contribution >= 4 is 23.6 Å². The van der Waals surface area contributed by atoms with E-state index in [9.17, 15) is 27.6 Å². The Balaban J connectivity index is 1.70. The van der Waals surface area contributed by atoms with Crippen LogP contribution in [-0.4, -0.2) is 41.3 Å². The predicted molar refractivity (Wildman–Crippen MR) is 107 cm³/mol. The second-order valence-corrected chi connectivity index (χ2v) is 9.30. The third-order valence-electron chi connectivity index (χ3n) is 6.61. The van der Waals surface area contributed by atoms with Gasteiger partial charge >= 0.3 is 12.3 Å². The molecule has 3 saturated heterocycles. The smallest absolute Gasteiger partial charge is 0.417 e. The average Bonchev–Trinajstić information content (AvgIpc) is 3.21. The van der Waals surface area contributed by atoms with Crippen LogP contribution >= 0.6 is 0 Å². The Kier molecular flexibility index (Phi) is 5.02. The number of imide groups is 1. The van der Waals surface area contributed by atoms with E-state index in [2.05, 4.69) is 5.32 Å². The van der Waals surface area contributed by atoms with Crippen molar-refractivity contribution in [2.24, 2.45) is 11.8 Å². The zero-order chi connectivity index (χ0) is 24.5. The number of hydrogen-bond donors (Lipinski definition) is 1. The Labute approximate surface area is 187 Å². The van der Waals surface area contributed by atoms with Crippen LogP contribution < -0.4 is 10.2 Å². The van der Waals surface area contributed by atoms with Gasteiger partial charge in [0.1, 0.15) is 11.7 Å². The highest BCUT2D eigenvalue weighted by molar-refractivity contribution is 6.23. The minimum atomic E-state index is -4.84. The van der Waals surface area contributed by atoms with Crippen molar-refractivity contribution in [2.75, 3.05) is 4.90 Å². The van der Waals surface area contributed by atoms with Gasteiger partial charge in [0.15, 0.2) is 0 Å². The number of benzene rings is 1. The van der Waals surface area contributed by atoms with E-state index in [1.165, 1.54) is 6.07 Å². The lowest BCUT2D eigenvalue weighted by molar-refractivity contribution is -0.138. The van der Waals surface area contributed by atoms with Gasteiger partial charge in [-0.3, -0.25) is 9.59 Å². The van der Waals surface area contributed by atoms with Crippen molar-refractivity contribution in [1.82, 2.24) is 5.32 Å². The van der Waals surface area contributed by atoms with Crippen molar-refractivity contribution in [3.05, 3.63) is 29.3 Å². The SMILES string of the molecule is CC(C)NC(=O)O[C@@H]1C[C@]2(C)O[C@@]1(C)[C@@H]1C(=O)N(c3ccc(C#N)c(C(F)(F)F)c3)C(=O)[C@@H]12. The standard InChI is InChI=1S/C22H22F3N3O5/c1-10(2)27-19(31)32-14-8-20(3)15-16(21(14,4)33-20)18(30)28(17(15)29)12-6-5-11(9-26)13(7-12)22(23,24)25/h5-7,10,14-16H,8H2,1-4H3,(H,27,31)/t14-,15-,16+,20+,21-/m1/s1. The molecule has 11 heteroatoms. The van der Waals surface area contributed by atoms with Gasteiger partial charge < -0.3 is 14.8 Å². The molecule has 33 heavy (non-hydrogen) atoms. The fourth-order valence-electron chi connectivity index (χ4n) is 5.31. The Morgan fingerprint density at radius 2 is 1.91 bits per heavy atom. The number of fused-ring (bicyclic) bond motifs is 5.